The van der Waals surface area contributed by atoms with Crippen molar-refractivity contribution in [3.05, 3.63) is 0 Å². The minimum Gasteiger partial charge on any atom is -0.354 e. The molecule has 17 heavy (non-hydrogen) atoms. The summed E-state index contributed by atoms with van der Waals surface area (Å²) in [5.74, 6) is 0.109. The summed E-state index contributed by atoms with van der Waals surface area (Å²) in [6, 6.07) is 0. The van der Waals surface area contributed by atoms with Crippen molar-refractivity contribution in [1.82, 2.24) is 10.6 Å². The molecule has 2 N–H and O–H groups in total. The predicted octanol–water partition coefficient (Wildman–Crippen LogP) is 1.85. The molecule has 0 radical (unpaired) electrons. The van der Waals surface area contributed by atoms with Gasteiger partial charge in [-0.1, -0.05) is 34.1 Å². The van der Waals surface area contributed by atoms with Crippen molar-refractivity contribution in [2.24, 2.45) is 5.41 Å². The van der Waals surface area contributed by atoms with Gasteiger partial charge in [-0.05, 0) is 11.8 Å². The Bertz CT molecular complexity index is 244. The van der Waals surface area contributed by atoms with Gasteiger partial charge in [0.2, 0.25) is 11.8 Å². The first-order valence-electron chi connectivity index (χ1n) is 6.38. The van der Waals surface area contributed by atoms with Gasteiger partial charge in [0.25, 0.3) is 0 Å². The smallest absolute Gasteiger partial charge is 0.220 e. The Morgan fingerprint density at radius 3 is 2.00 bits per heavy atom. The first-order chi connectivity index (χ1) is 7.85. The van der Waals surface area contributed by atoms with Crippen LogP contribution >= 0.6 is 0 Å². The fourth-order valence-electron chi connectivity index (χ4n) is 1.37. The summed E-state index contributed by atoms with van der Waals surface area (Å²) in [4.78, 5) is 22.7. The van der Waals surface area contributed by atoms with Crippen LogP contribution in [0, 0.1) is 5.41 Å². The van der Waals surface area contributed by atoms with E-state index in [1.165, 1.54) is 0 Å². The topological polar surface area (TPSA) is 58.2 Å². The SMILES string of the molecule is CCCCC(=O)NCCNC(=O)CC(C)(C)C. The molecule has 0 aliphatic rings. The zero-order valence-corrected chi connectivity index (χ0v) is 11.6. The van der Waals surface area contributed by atoms with Gasteiger partial charge in [-0.2, -0.15) is 0 Å². The average molecular weight is 242 g/mol. The van der Waals surface area contributed by atoms with Gasteiger partial charge in [-0.15, -0.1) is 0 Å². The van der Waals surface area contributed by atoms with E-state index >= 15 is 0 Å². The van der Waals surface area contributed by atoms with Crippen molar-refractivity contribution in [1.29, 1.82) is 0 Å². The number of rotatable bonds is 7. The maximum absolute atomic E-state index is 11.5. The van der Waals surface area contributed by atoms with Gasteiger partial charge >= 0.3 is 0 Å². The largest absolute Gasteiger partial charge is 0.354 e. The summed E-state index contributed by atoms with van der Waals surface area (Å²) in [6.45, 7) is 9.16. The van der Waals surface area contributed by atoms with E-state index in [1.54, 1.807) is 0 Å². The Balaban J connectivity index is 3.51. The molecule has 0 bridgehead atoms. The zero-order chi connectivity index (χ0) is 13.3. The van der Waals surface area contributed by atoms with Crippen molar-refractivity contribution >= 4 is 11.8 Å². The third kappa shape index (κ3) is 11.2. The Hall–Kier alpha value is -1.06. The van der Waals surface area contributed by atoms with Crippen molar-refractivity contribution < 1.29 is 9.59 Å². The second kappa shape index (κ2) is 8.09. The lowest BCUT2D eigenvalue weighted by molar-refractivity contribution is -0.124. The molecule has 4 heteroatoms. The molecule has 0 spiro atoms. The molecule has 0 rings (SSSR count). The van der Waals surface area contributed by atoms with Gasteiger partial charge in [0.1, 0.15) is 0 Å². The standard InChI is InChI=1S/C13H26N2O2/c1-5-6-7-11(16)14-8-9-15-12(17)10-13(2,3)4/h5-10H2,1-4H3,(H,14,16)(H,15,17). The summed E-state index contributed by atoms with van der Waals surface area (Å²) in [5.41, 5.74) is 0.00839. The van der Waals surface area contributed by atoms with Crippen LogP contribution in [-0.2, 0) is 9.59 Å². The van der Waals surface area contributed by atoms with Crippen molar-refractivity contribution in [3.63, 3.8) is 0 Å². The summed E-state index contributed by atoms with van der Waals surface area (Å²) in [7, 11) is 0. The van der Waals surface area contributed by atoms with Gasteiger partial charge in [-0.3, -0.25) is 9.59 Å². The first kappa shape index (κ1) is 15.9. The molecule has 0 aliphatic heterocycles. The molecule has 0 heterocycles. The number of carbonyl (C=O) groups is 2. The van der Waals surface area contributed by atoms with Crippen LogP contribution in [0.2, 0.25) is 0 Å². The Morgan fingerprint density at radius 2 is 1.53 bits per heavy atom. The summed E-state index contributed by atoms with van der Waals surface area (Å²) in [5, 5.41) is 5.58. The molecule has 0 saturated heterocycles. The lowest BCUT2D eigenvalue weighted by Crippen LogP contribution is -2.35. The molecule has 0 atom stereocenters. The second-order valence-electron chi connectivity index (χ2n) is 5.54. The van der Waals surface area contributed by atoms with Crippen LogP contribution < -0.4 is 10.6 Å². The van der Waals surface area contributed by atoms with Crippen LogP contribution in [0.5, 0.6) is 0 Å². The molecular formula is C13H26N2O2. The van der Waals surface area contributed by atoms with Crippen LogP contribution in [0.25, 0.3) is 0 Å². The number of nitrogens with one attached hydrogen (secondary N) is 2. The molecular weight excluding hydrogens is 216 g/mol. The number of carbonyl (C=O) groups excluding carboxylic acids is 2. The average Bonchev–Trinajstić information content (AvgIpc) is 2.19. The van der Waals surface area contributed by atoms with E-state index in [1.807, 2.05) is 20.8 Å². The quantitative estimate of drug-likeness (QED) is 0.669. The normalized spacial score (nSPS) is 11.1. The maximum atomic E-state index is 11.5. The van der Waals surface area contributed by atoms with Crippen LogP contribution in [-0.4, -0.2) is 24.9 Å². The van der Waals surface area contributed by atoms with Crippen LogP contribution in [0.15, 0.2) is 0 Å². The highest BCUT2D eigenvalue weighted by Gasteiger charge is 2.15. The van der Waals surface area contributed by atoms with E-state index in [0.717, 1.165) is 12.8 Å². The van der Waals surface area contributed by atoms with E-state index in [4.69, 9.17) is 0 Å². The third-order valence-corrected chi connectivity index (χ3v) is 2.22. The molecule has 0 aromatic carbocycles. The highest BCUT2D eigenvalue weighted by molar-refractivity contribution is 5.77. The molecule has 0 aliphatic carbocycles. The minimum atomic E-state index is 0.00839. The minimum absolute atomic E-state index is 0.00839. The Kier molecular flexibility index (Phi) is 7.59. The van der Waals surface area contributed by atoms with Crippen LogP contribution in [0.1, 0.15) is 53.4 Å². The third-order valence-electron chi connectivity index (χ3n) is 2.22. The highest BCUT2D eigenvalue weighted by atomic mass is 16.2. The fourth-order valence-corrected chi connectivity index (χ4v) is 1.37. The van der Waals surface area contributed by atoms with Gasteiger partial charge in [0, 0.05) is 25.9 Å². The van der Waals surface area contributed by atoms with Crippen LogP contribution in [0.4, 0.5) is 0 Å². The predicted molar refractivity (Wildman–Crippen MR) is 69.6 cm³/mol. The van der Waals surface area contributed by atoms with Gasteiger partial charge < -0.3 is 10.6 Å². The molecule has 0 unspecified atom stereocenters. The molecule has 2 amide bonds. The monoisotopic (exact) mass is 242 g/mol. The van der Waals surface area contributed by atoms with Gasteiger partial charge in [-0.25, -0.2) is 0 Å². The molecule has 0 saturated carbocycles. The first-order valence-corrected chi connectivity index (χ1v) is 6.38. The Labute approximate surface area is 105 Å². The summed E-state index contributed by atoms with van der Waals surface area (Å²) < 4.78 is 0. The van der Waals surface area contributed by atoms with Crippen molar-refractivity contribution in [2.45, 2.75) is 53.4 Å². The molecule has 0 aromatic rings. The van der Waals surface area contributed by atoms with E-state index in [2.05, 4.69) is 17.6 Å². The Morgan fingerprint density at radius 1 is 1.00 bits per heavy atom. The molecule has 100 valence electrons. The number of amides is 2. The fraction of sp³-hybridized carbons (Fsp3) is 0.846. The molecule has 0 aromatic heterocycles. The zero-order valence-electron chi connectivity index (χ0n) is 11.6. The highest BCUT2D eigenvalue weighted by Crippen LogP contribution is 2.17. The van der Waals surface area contributed by atoms with Gasteiger partial charge in [0.05, 0.1) is 0 Å². The van der Waals surface area contributed by atoms with Gasteiger partial charge in [0.15, 0.2) is 0 Å². The van der Waals surface area contributed by atoms with E-state index in [0.29, 0.717) is 25.9 Å². The molecule has 4 nitrogen and oxygen atoms in total. The maximum Gasteiger partial charge on any atom is 0.220 e. The van der Waals surface area contributed by atoms with Crippen LogP contribution in [0.3, 0.4) is 0 Å². The van der Waals surface area contributed by atoms with Crippen molar-refractivity contribution in [3.8, 4) is 0 Å². The summed E-state index contributed by atoms with van der Waals surface area (Å²) in [6.07, 6.45) is 3.03. The lowest BCUT2D eigenvalue weighted by Gasteiger charge is -2.17. The number of hydrogen-bond acceptors (Lipinski definition) is 2. The van der Waals surface area contributed by atoms with E-state index in [9.17, 15) is 9.59 Å². The van der Waals surface area contributed by atoms with Crippen molar-refractivity contribution in [2.75, 3.05) is 13.1 Å². The summed E-state index contributed by atoms with van der Waals surface area (Å²) >= 11 is 0. The lowest BCUT2D eigenvalue weighted by atomic mass is 9.92. The second-order valence-corrected chi connectivity index (χ2v) is 5.54. The number of hydrogen-bond donors (Lipinski definition) is 2. The van der Waals surface area contributed by atoms with E-state index in [-0.39, 0.29) is 17.2 Å². The van der Waals surface area contributed by atoms with E-state index < -0.39 is 0 Å². The molecule has 0 fully saturated rings. The number of unbranched alkanes of at least 4 members (excludes halogenated alkanes) is 1.